The lowest BCUT2D eigenvalue weighted by Gasteiger charge is -2.16. The van der Waals surface area contributed by atoms with Gasteiger partial charge in [-0.05, 0) is 25.0 Å². The molecule has 1 heterocycles. The van der Waals surface area contributed by atoms with Gasteiger partial charge in [0, 0.05) is 19.5 Å². The van der Waals surface area contributed by atoms with E-state index in [2.05, 4.69) is 0 Å². The Hall–Kier alpha value is -1.36. The zero-order valence-electron chi connectivity index (χ0n) is 11.8. The molecule has 1 fully saturated rings. The van der Waals surface area contributed by atoms with Crippen molar-refractivity contribution in [1.29, 1.82) is 0 Å². The predicted octanol–water partition coefficient (Wildman–Crippen LogP) is 2.25. The molecule has 1 aliphatic heterocycles. The summed E-state index contributed by atoms with van der Waals surface area (Å²) < 4.78 is 25.0. The van der Waals surface area contributed by atoms with Gasteiger partial charge in [-0.3, -0.25) is 4.79 Å². The van der Waals surface area contributed by atoms with Gasteiger partial charge in [0.05, 0.1) is 10.1 Å². The number of hydrogen-bond acceptors (Lipinski definition) is 3. The van der Waals surface area contributed by atoms with E-state index < -0.39 is 15.1 Å². The van der Waals surface area contributed by atoms with Crippen molar-refractivity contribution in [2.24, 2.45) is 0 Å². The fourth-order valence-electron chi connectivity index (χ4n) is 2.50. The minimum Gasteiger partial charge on any atom is -0.341 e. The highest BCUT2D eigenvalue weighted by molar-refractivity contribution is 7.92. The molecule has 1 atom stereocenters. The molecule has 0 N–H and O–H groups in total. The third-order valence-electron chi connectivity index (χ3n) is 3.75. The van der Waals surface area contributed by atoms with Crippen LogP contribution in [0.3, 0.4) is 0 Å². The molecule has 0 aliphatic carbocycles. The largest absolute Gasteiger partial charge is 0.341 e. The smallest absolute Gasteiger partial charge is 0.222 e. The first-order valence-electron chi connectivity index (χ1n) is 7.12. The topological polar surface area (TPSA) is 54.5 Å². The number of carbonyl (C=O) groups is 1. The van der Waals surface area contributed by atoms with E-state index in [0.717, 1.165) is 12.8 Å². The van der Waals surface area contributed by atoms with Gasteiger partial charge in [-0.15, -0.1) is 0 Å². The maximum Gasteiger partial charge on any atom is 0.222 e. The maximum absolute atomic E-state index is 12.5. The Morgan fingerprint density at radius 3 is 2.65 bits per heavy atom. The van der Waals surface area contributed by atoms with Crippen molar-refractivity contribution >= 4 is 15.7 Å². The van der Waals surface area contributed by atoms with Gasteiger partial charge in [-0.25, -0.2) is 8.42 Å². The second kappa shape index (κ2) is 6.39. The zero-order valence-corrected chi connectivity index (χ0v) is 12.6. The lowest BCUT2D eigenvalue weighted by molar-refractivity contribution is -0.130. The predicted molar refractivity (Wildman–Crippen MR) is 78.1 cm³/mol. The first-order valence-corrected chi connectivity index (χ1v) is 8.67. The van der Waals surface area contributed by atoms with Gasteiger partial charge in [-0.1, -0.05) is 31.5 Å². The third-order valence-corrected chi connectivity index (χ3v) is 5.94. The first-order chi connectivity index (χ1) is 9.55. The molecular weight excluding hydrogens is 274 g/mol. The summed E-state index contributed by atoms with van der Waals surface area (Å²) in [6, 6.07) is 8.50. The Kier molecular flexibility index (Phi) is 4.81. The number of sulfone groups is 1. The highest BCUT2D eigenvalue weighted by Gasteiger charge is 2.35. The molecule has 1 unspecified atom stereocenters. The molecular formula is C15H21NO3S. The van der Waals surface area contributed by atoms with Crippen LogP contribution in [0.25, 0.3) is 0 Å². The summed E-state index contributed by atoms with van der Waals surface area (Å²) in [7, 11) is -3.32. The van der Waals surface area contributed by atoms with Crippen molar-refractivity contribution in [3.8, 4) is 0 Å². The van der Waals surface area contributed by atoms with Gasteiger partial charge in [0.2, 0.25) is 5.91 Å². The van der Waals surface area contributed by atoms with Gasteiger partial charge in [0.25, 0.3) is 0 Å². The van der Waals surface area contributed by atoms with E-state index >= 15 is 0 Å². The van der Waals surface area contributed by atoms with E-state index in [9.17, 15) is 13.2 Å². The summed E-state index contributed by atoms with van der Waals surface area (Å²) in [4.78, 5) is 14.0. The Morgan fingerprint density at radius 1 is 1.30 bits per heavy atom. The summed E-state index contributed by atoms with van der Waals surface area (Å²) in [5, 5.41) is -0.463. The standard InChI is InChI=1S/C15H21NO3S/c1-2-3-9-15(17)16-11-10-14(12-16)20(18,19)13-7-5-4-6-8-13/h4-8,14H,2-3,9-12H2,1H3. The Morgan fingerprint density at radius 2 is 2.00 bits per heavy atom. The summed E-state index contributed by atoms with van der Waals surface area (Å²) in [5.41, 5.74) is 0. The fraction of sp³-hybridized carbons (Fsp3) is 0.533. The van der Waals surface area contributed by atoms with Crippen molar-refractivity contribution in [2.45, 2.75) is 42.8 Å². The van der Waals surface area contributed by atoms with Crippen LogP contribution >= 0.6 is 0 Å². The molecule has 4 nitrogen and oxygen atoms in total. The van der Waals surface area contributed by atoms with E-state index in [1.165, 1.54) is 0 Å². The third kappa shape index (κ3) is 3.20. The highest BCUT2D eigenvalue weighted by atomic mass is 32.2. The van der Waals surface area contributed by atoms with Crippen LogP contribution in [-0.2, 0) is 14.6 Å². The zero-order chi connectivity index (χ0) is 14.6. The van der Waals surface area contributed by atoms with Crippen molar-refractivity contribution in [3.63, 3.8) is 0 Å². The van der Waals surface area contributed by atoms with Crippen LogP contribution in [0, 0.1) is 0 Å². The molecule has 20 heavy (non-hydrogen) atoms. The van der Waals surface area contributed by atoms with Crippen LogP contribution < -0.4 is 0 Å². The summed E-state index contributed by atoms with van der Waals surface area (Å²) in [6.07, 6.45) is 2.90. The summed E-state index contributed by atoms with van der Waals surface area (Å²) in [5.74, 6) is 0.0811. The highest BCUT2D eigenvalue weighted by Crippen LogP contribution is 2.24. The number of unbranched alkanes of at least 4 members (excludes halogenated alkanes) is 1. The van der Waals surface area contributed by atoms with Crippen molar-refractivity contribution < 1.29 is 13.2 Å². The molecule has 1 saturated heterocycles. The molecule has 5 heteroatoms. The molecule has 2 rings (SSSR count). The SMILES string of the molecule is CCCCC(=O)N1CCC(S(=O)(=O)c2ccccc2)C1. The minimum absolute atomic E-state index is 0.0811. The average Bonchev–Trinajstić information content (AvgIpc) is 2.96. The van der Waals surface area contributed by atoms with Gasteiger partial charge < -0.3 is 4.90 Å². The average molecular weight is 295 g/mol. The van der Waals surface area contributed by atoms with Crippen molar-refractivity contribution in [1.82, 2.24) is 4.90 Å². The Labute approximate surface area is 120 Å². The normalized spacial score (nSPS) is 19.2. The molecule has 0 saturated carbocycles. The number of amides is 1. The molecule has 0 spiro atoms. The van der Waals surface area contributed by atoms with Gasteiger partial charge in [0.1, 0.15) is 0 Å². The number of rotatable bonds is 5. The van der Waals surface area contributed by atoms with E-state index in [-0.39, 0.29) is 5.91 Å². The van der Waals surface area contributed by atoms with E-state index in [1.54, 1.807) is 35.2 Å². The van der Waals surface area contributed by atoms with Crippen LogP contribution in [0.5, 0.6) is 0 Å². The summed E-state index contributed by atoms with van der Waals surface area (Å²) >= 11 is 0. The second-order valence-electron chi connectivity index (χ2n) is 5.21. The minimum atomic E-state index is -3.32. The van der Waals surface area contributed by atoms with Gasteiger partial charge in [-0.2, -0.15) is 0 Å². The van der Waals surface area contributed by atoms with Crippen LogP contribution in [-0.4, -0.2) is 37.6 Å². The Bertz CT molecular complexity index is 554. The number of carbonyl (C=O) groups excluding carboxylic acids is 1. The van der Waals surface area contributed by atoms with Crippen LogP contribution in [0.15, 0.2) is 35.2 Å². The van der Waals surface area contributed by atoms with Crippen molar-refractivity contribution in [2.75, 3.05) is 13.1 Å². The Balaban J connectivity index is 2.04. The van der Waals surface area contributed by atoms with E-state index in [1.807, 2.05) is 6.92 Å². The van der Waals surface area contributed by atoms with Crippen LogP contribution in [0.4, 0.5) is 0 Å². The molecule has 1 aromatic carbocycles. The molecule has 0 aromatic heterocycles. The quantitative estimate of drug-likeness (QED) is 0.837. The molecule has 1 aliphatic rings. The van der Waals surface area contributed by atoms with Crippen molar-refractivity contribution in [3.05, 3.63) is 30.3 Å². The summed E-state index contributed by atoms with van der Waals surface area (Å²) in [6.45, 7) is 2.93. The fourth-order valence-corrected chi connectivity index (χ4v) is 4.21. The lowest BCUT2D eigenvalue weighted by Crippen LogP contribution is -2.31. The molecule has 1 aromatic rings. The molecule has 0 bridgehead atoms. The number of benzene rings is 1. The van der Waals surface area contributed by atoms with E-state index in [4.69, 9.17) is 0 Å². The number of hydrogen-bond donors (Lipinski definition) is 0. The molecule has 110 valence electrons. The van der Waals surface area contributed by atoms with Gasteiger partial charge >= 0.3 is 0 Å². The van der Waals surface area contributed by atoms with Crippen LogP contribution in [0.1, 0.15) is 32.6 Å². The second-order valence-corrected chi connectivity index (χ2v) is 7.44. The monoisotopic (exact) mass is 295 g/mol. The van der Waals surface area contributed by atoms with Gasteiger partial charge in [0.15, 0.2) is 9.84 Å². The van der Waals surface area contributed by atoms with Crippen LogP contribution in [0.2, 0.25) is 0 Å². The first kappa shape index (κ1) is 15.0. The van der Waals surface area contributed by atoms with E-state index in [0.29, 0.717) is 30.8 Å². The number of nitrogens with zero attached hydrogens (tertiary/aromatic N) is 1. The maximum atomic E-state index is 12.5. The molecule has 0 radical (unpaired) electrons. The lowest BCUT2D eigenvalue weighted by atomic mass is 10.2. The molecule has 1 amide bonds. The number of likely N-dealkylation sites (tertiary alicyclic amines) is 1.